The lowest BCUT2D eigenvalue weighted by atomic mass is 10.2. The van der Waals surface area contributed by atoms with Crippen molar-refractivity contribution in [1.82, 2.24) is 15.1 Å². The van der Waals surface area contributed by atoms with Gasteiger partial charge in [0, 0.05) is 27.3 Å². The van der Waals surface area contributed by atoms with Gasteiger partial charge in [-0.2, -0.15) is 16.3 Å². The van der Waals surface area contributed by atoms with Gasteiger partial charge in [-0.25, -0.2) is 4.98 Å². The molecule has 0 aliphatic carbocycles. The van der Waals surface area contributed by atoms with Crippen molar-refractivity contribution in [2.24, 2.45) is 0 Å². The Labute approximate surface area is 157 Å². The lowest BCUT2D eigenvalue weighted by molar-refractivity contribution is 0.391. The van der Waals surface area contributed by atoms with E-state index < -0.39 is 0 Å². The molecule has 0 amide bonds. The lowest BCUT2D eigenvalue weighted by Crippen LogP contribution is -1.85. The van der Waals surface area contributed by atoms with E-state index in [2.05, 4.69) is 15.1 Å². The predicted octanol–water partition coefficient (Wildman–Crippen LogP) is 5.54. The van der Waals surface area contributed by atoms with Gasteiger partial charge in [-0.1, -0.05) is 16.8 Å². The van der Waals surface area contributed by atoms with Gasteiger partial charge in [0.25, 0.3) is 0 Å². The highest BCUT2D eigenvalue weighted by molar-refractivity contribution is 7.97. The molecule has 0 N–H and O–H groups in total. The number of rotatable bonds is 6. The van der Waals surface area contributed by atoms with Crippen LogP contribution < -0.4 is 0 Å². The Bertz CT molecular complexity index is 949. The maximum atomic E-state index is 5.89. The molecule has 3 aromatic heterocycles. The summed E-state index contributed by atoms with van der Waals surface area (Å²) in [6.45, 7) is 0. The third-order valence-electron chi connectivity index (χ3n) is 3.37. The molecule has 0 aliphatic rings. The van der Waals surface area contributed by atoms with Crippen LogP contribution in [-0.4, -0.2) is 15.1 Å². The van der Waals surface area contributed by atoms with E-state index in [4.69, 9.17) is 20.5 Å². The average molecular weight is 390 g/mol. The van der Waals surface area contributed by atoms with E-state index in [1.165, 1.54) is 0 Å². The second kappa shape index (κ2) is 7.43. The monoisotopic (exact) mass is 389 g/mol. The zero-order valence-corrected chi connectivity index (χ0v) is 15.3. The zero-order valence-electron chi connectivity index (χ0n) is 12.9. The smallest absolute Gasteiger partial charge is 0.236 e. The summed E-state index contributed by atoms with van der Waals surface area (Å²) < 4.78 is 10.8. The maximum Gasteiger partial charge on any atom is 0.236 e. The molecule has 0 fully saturated rings. The number of aromatic nitrogens is 3. The first kappa shape index (κ1) is 16.4. The molecule has 1 aromatic carbocycles. The Hall–Kier alpha value is -2.09. The summed E-state index contributed by atoms with van der Waals surface area (Å²) in [4.78, 5) is 8.89. The number of thioether (sulfide) groups is 1. The van der Waals surface area contributed by atoms with Crippen molar-refractivity contribution in [3.05, 3.63) is 64.0 Å². The Morgan fingerprint density at radius 1 is 1.04 bits per heavy atom. The number of hydrogen-bond donors (Lipinski definition) is 0. The Balaban J connectivity index is 1.34. The molecule has 5 nitrogen and oxygen atoms in total. The Morgan fingerprint density at radius 3 is 2.72 bits per heavy atom. The number of halogens is 1. The van der Waals surface area contributed by atoms with E-state index in [-0.39, 0.29) is 0 Å². The van der Waals surface area contributed by atoms with Gasteiger partial charge < -0.3 is 8.94 Å². The fourth-order valence-electron chi connectivity index (χ4n) is 2.16. The van der Waals surface area contributed by atoms with Crippen LogP contribution in [0, 0.1) is 0 Å². The van der Waals surface area contributed by atoms with Crippen molar-refractivity contribution in [3.63, 3.8) is 0 Å². The van der Waals surface area contributed by atoms with E-state index >= 15 is 0 Å². The Kier molecular flexibility index (Phi) is 4.87. The van der Waals surface area contributed by atoms with Crippen LogP contribution >= 0.6 is 34.7 Å². The minimum Gasteiger partial charge on any atom is -0.444 e. The van der Waals surface area contributed by atoms with Crippen LogP contribution in [0.4, 0.5) is 0 Å². The number of hydrogen-bond acceptors (Lipinski definition) is 7. The van der Waals surface area contributed by atoms with Crippen LogP contribution in [0.3, 0.4) is 0 Å². The second-order valence-electron chi connectivity index (χ2n) is 5.17. The van der Waals surface area contributed by atoms with Gasteiger partial charge in [0.2, 0.25) is 17.6 Å². The minimum absolute atomic E-state index is 0.588. The lowest BCUT2D eigenvalue weighted by Gasteiger charge is -1.95. The Morgan fingerprint density at radius 2 is 1.92 bits per heavy atom. The van der Waals surface area contributed by atoms with Crippen molar-refractivity contribution in [3.8, 4) is 22.8 Å². The molecule has 126 valence electrons. The van der Waals surface area contributed by atoms with Gasteiger partial charge in [-0.3, -0.25) is 0 Å². The van der Waals surface area contributed by atoms with Crippen LogP contribution in [0.2, 0.25) is 5.02 Å². The van der Waals surface area contributed by atoms with Crippen molar-refractivity contribution in [2.45, 2.75) is 11.5 Å². The molecule has 25 heavy (non-hydrogen) atoms. The fourth-order valence-corrected chi connectivity index (χ4v) is 3.66. The molecule has 0 atom stereocenters. The molecule has 0 unspecified atom stereocenters. The molecule has 4 rings (SSSR count). The normalized spacial score (nSPS) is 11.1. The molecule has 0 saturated heterocycles. The molecular formula is C17H12ClN3O2S2. The molecule has 0 radical (unpaired) electrons. The van der Waals surface area contributed by atoms with Crippen LogP contribution in [-0.2, 0) is 11.5 Å². The summed E-state index contributed by atoms with van der Waals surface area (Å²) in [5.74, 6) is 3.15. The number of oxazole rings is 1. The van der Waals surface area contributed by atoms with E-state index in [1.54, 1.807) is 29.4 Å². The summed E-state index contributed by atoms with van der Waals surface area (Å²) in [6.07, 6.45) is 1.67. The predicted molar refractivity (Wildman–Crippen MR) is 99.6 cm³/mol. The summed E-state index contributed by atoms with van der Waals surface area (Å²) in [7, 11) is 0. The van der Waals surface area contributed by atoms with E-state index in [0.29, 0.717) is 34.1 Å². The third kappa shape index (κ3) is 3.95. The molecule has 3 heterocycles. The third-order valence-corrected chi connectivity index (χ3v) is 5.25. The number of nitrogens with zero attached hydrogens (tertiary/aromatic N) is 3. The summed E-state index contributed by atoms with van der Waals surface area (Å²) in [5, 5.41) is 8.67. The molecule has 0 saturated carbocycles. The second-order valence-corrected chi connectivity index (χ2v) is 7.37. The van der Waals surface area contributed by atoms with Gasteiger partial charge >= 0.3 is 0 Å². The summed E-state index contributed by atoms with van der Waals surface area (Å²) in [5.41, 5.74) is 2.75. The van der Waals surface area contributed by atoms with Crippen molar-refractivity contribution >= 4 is 34.7 Å². The maximum absolute atomic E-state index is 5.89. The number of thiophene rings is 1. The van der Waals surface area contributed by atoms with Gasteiger partial charge in [0.15, 0.2) is 0 Å². The van der Waals surface area contributed by atoms with Gasteiger partial charge in [0.05, 0.1) is 11.4 Å². The highest BCUT2D eigenvalue weighted by atomic mass is 35.5. The van der Waals surface area contributed by atoms with Gasteiger partial charge in [0.1, 0.15) is 6.26 Å². The van der Waals surface area contributed by atoms with Crippen LogP contribution in [0.1, 0.15) is 11.6 Å². The van der Waals surface area contributed by atoms with Gasteiger partial charge in [-0.15, -0.1) is 11.8 Å². The molecule has 0 aliphatic heterocycles. The minimum atomic E-state index is 0.588. The van der Waals surface area contributed by atoms with Gasteiger partial charge in [-0.05, 0) is 35.7 Å². The van der Waals surface area contributed by atoms with Crippen LogP contribution in [0.15, 0.2) is 56.3 Å². The fraction of sp³-hybridized carbons (Fsp3) is 0.118. The molecule has 4 aromatic rings. The van der Waals surface area contributed by atoms with Crippen molar-refractivity contribution in [1.29, 1.82) is 0 Å². The topological polar surface area (TPSA) is 65.0 Å². The average Bonchev–Trinajstić information content (AvgIpc) is 3.37. The zero-order chi connectivity index (χ0) is 17.1. The largest absolute Gasteiger partial charge is 0.444 e. The number of benzene rings is 1. The summed E-state index contributed by atoms with van der Waals surface area (Å²) in [6, 6.07) is 9.37. The van der Waals surface area contributed by atoms with Crippen LogP contribution in [0.25, 0.3) is 22.8 Å². The summed E-state index contributed by atoms with van der Waals surface area (Å²) >= 11 is 9.14. The van der Waals surface area contributed by atoms with E-state index in [0.717, 1.165) is 16.8 Å². The first-order valence-electron chi connectivity index (χ1n) is 7.41. The first-order chi connectivity index (χ1) is 12.3. The van der Waals surface area contributed by atoms with Crippen molar-refractivity contribution < 1.29 is 8.94 Å². The van der Waals surface area contributed by atoms with Crippen LogP contribution in [0.5, 0.6) is 0 Å². The van der Waals surface area contributed by atoms with E-state index in [1.807, 2.05) is 41.1 Å². The van der Waals surface area contributed by atoms with E-state index in [9.17, 15) is 0 Å². The van der Waals surface area contributed by atoms with Crippen molar-refractivity contribution in [2.75, 3.05) is 0 Å². The molecule has 0 spiro atoms. The molecular weight excluding hydrogens is 378 g/mol. The molecule has 8 heteroatoms. The standard InChI is InChI=1S/C17H12ClN3O2S2/c18-13-3-1-11(2-4-13)17-19-14(7-22-17)9-25-10-15-20-16(21-23-15)12-5-6-24-8-12/h1-8H,9-10H2. The highest BCUT2D eigenvalue weighted by Gasteiger charge is 2.10. The first-order valence-corrected chi connectivity index (χ1v) is 9.89. The molecule has 0 bridgehead atoms. The SMILES string of the molecule is Clc1ccc(-c2nc(CSCc3nc(-c4ccsc4)no3)co2)cc1. The highest BCUT2D eigenvalue weighted by Crippen LogP contribution is 2.24. The quantitative estimate of drug-likeness (QED) is 0.431.